The van der Waals surface area contributed by atoms with E-state index in [0.29, 0.717) is 5.82 Å². The molecule has 0 fully saturated rings. The average Bonchev–Trinajstić information content (AvgIpc) is 3.25. The summed E-state index contributed by atoms with van der Waals surface area (Å²) in [5.41, 5.74) is 2.94. The number of nitrogens with zero attached hydrogens (tertiary/aromatic N) is 4. The first kappa shape index (κ1) is 16.8. The number of urea groups is 1. The Bertz CT molecular complexity index is 835. The van der Waals surface area contributed by atoms with E-state index < -0.39 is 0 Å². The minimum atomic E-state index is -0.255. The molecule has 2 amide bonds. The first-order valence-electron chi connectivity index (χ1n) is 8.27. The summed E-state index contributed by atoms with van der Waals surface area (Å²) in [6.45, 7) is 3.98. The quantitative estimate of drug-likeness (QED) is 0.750. The van der Waals surface area contributed by atoms with Gasteiger partial charge in [-0.3, -0.25) is 10.00 Å². The molecular formula is C18H22N6O. The molecule has 1 aromatic carbocycles. The lowest BCUT2D eigenvalue weighted by atomic mass is 10.1. The van der Waals surface area contributed by atoms with Gasteiger partial charge in [-0.05, 0) is 37.1 Å². The summed E-state index contributed by atoms with van der Waals surface area (Å²) in [6.07, 6.45) is 4.46. The fourth-order valence-electron chi connectivity index (χ4n) is 2.59. The summed E-state index contributed by atoms with van der Waals surface area (Å²) in [5.74, 6) is 0.676. The van der Waals surface area contributed by atoms with Crippen LogP contribution in [0.15, 0.2) is 48.8 Å². The molecule has 7 heteroatoms. The molecule has 2 N–H and O–H groups in total. The van der Waals surface area contributed by atoms with Crippen molar-refractivity contribution in [2.45, 2.75) is 26.3 Å². The second-order valence-electron chi connectivity index (χ2n) is 5.86. The van der Waals surface area contributed by atoms with Crippen molar-refractivity contribution >= 4 is 11.8 Å². The third-order valence-electron chi connectivity index (χ3n) is 4.04. The van der Waals surface area contributed by atoms with Crippen LogP contribution in [0.4, 0.5) is 10.6 Å². The monoisotopic (exact) mass is 338 g/mol. The van der Waals surface area contributed by atoms with Crippen LogP contribution in [0.25, 0.3) is 5.69 Å². The Morgan fingerprint density at radius 2 is 2.04 bits per heavy atom. The van der Waals surface area contributed by atoms with Crippen molar-refractivity contribution < 1.29 is 4.79 Å². The molecule has 130 valence electrons. The molecule has 0 spiro atoms. The number of carbonyl (C=O) groups is 1. The van der Waals surface area contributed by atoms with Crippen molar-refractivity contribution in [3.8, 4) is 5.69 Å². The second kappa shape index (κ2) is 7.21. The van der Waals surface area contributed by atoms with Crippen LogP contribution in [-0.4, -0.2) is 25.6 Å². The number of hydrogen-bond acceptors (Lipinski definition) is 3. The van der Waals surface area contributed by atoms with Crippen molar-refractivity contribution in [2.75, 3.05) is 5.32 Å². The van der Waals surface area contributed by atoms with Gasteiger partial charge in [0.1, 0.15) is 5.82 Å². The predicted octanol–water partition coefficient (Wildman–Crippen LogP) is 3.05. The molecular weight excluding hydrogens is 316 g/mol. The van der Waals surface area contributed by atoms with Crippen molar-refractivity contribution in [2.24, 2.45) is 7.05 Å². The molecule has 25 heavy (non-hydrogen) atoms. The molecule has 3 rings (SSSR count). The first-order valence-corrected chi connectivity index (χ1v) is 8.27. The van der Waals surface area contributed by atoms with Gasteiger partial charge in [0.15, 0.2) is 0 Å². The third kappa shape index (κ3) is 3.88. The van der Waals surface area contributed by atoms with Crippen molar-refractivity contribution in [3.05, 3.63) is 60.0 Å². The van der Waals surface area contributed by atoms with Crippen molar-refractivity contribution in [1.82, 2.24) is 24.9 Å². The van der Waals surface area contributed by atoms with E-state index in [2.05, 4.69) is 20.8 Å². The summed E-state index contributed by atoms with van der Waals surface area (Å²) in [5, 5.41) is 14.3. The molecule has 0 bridgehead atoms. The summed E-state index contributed by atoms with van der Waals surface area (Å²) < 4.78 is 3.46. The number of anilines is 1. The zero-order chi connectivity index (χ0) is 17.8. The van der Waals surface area contributed by atoms with E-state index in [1.165, 1.54) is 0 Å². The van der Waals surface area contributed by atoms with E-state index in [9.17, 15) is 4.79 Å². The lowest BCUT2D eigenvalue weighted by Crippen LogP contribution is -2.31. The van der Waals surface area contributed by atoms with Crippen LogP contribution >= 0.6 is 0 Å². The van der Waals surface area contributed by atoms with Crippen LogP contribution in [-0.2, 0) is 13.5 Å². The second-order valence-corrected chi connectivity index (χ2v) is 5.86. The largest absolute Gasteiger partial charge is 0.331 e. The van der Waals surface area contributed by atoms with E-state index in [-0.39, 0.29) is 12.1 Å². The Labute approximate surface area is 146 Å². The molecule has 0 radical (unpaired) electrons. The highest BCUT2D eigenvalue weighted by Crippen LogP contribution is 2.16. The first-order chi connectivity index (χ1) is 12.1. The number of benzene rings is 1. The molecule has 3 aromatic rings. The fourth-order valence-corrected chi connectivity index (χ4v) is 2.59. The van der Waals surface area contributed by atoms with E-state index >= 15 is 0 Å². The van der Waals surface area contributed by atoms with Crippen LogP contribution in [0.5, 0.6) is 0 Å². The third-order valence-corrected chi connectivity index (χ3v) is 4.04. The van der Waals surface area contributed by atoms with Crippen LogP contribution in [0.2, 0.25) is 0 Å². The Morgan fingerprint density at radius 1 is 1.28 bits per heavy atom. The normalized spacial score (nSPS) is 12.0. The van der Waals surface area contributed by atoms with Crippen molar-refractivity contribution in [3.63, 3.8) is 0 Å². The summed E-state index contributed by atoms with van der Waals surface area (Å²) >= 11 is 0. The lowest BCUT2D eigenvalue weighted by Gasteiger charge is -2.15. The zero-order valence-electron chi connectivity index (χ0n) is 14.6. The van der Waals surface area contributed by atoms with Crippen molar-refractivity contribution in [1.29, 1.82) is 0 Å². The van der Waals surface area contributed by atoms with Gasteiger partial charge in [0.25, 0.3) is 0 Å². The molecule has 0 saturated heterocycles. The molecule has 0 aliphatic rings. The number of amides is 2. The lowest BCUT2D eigenvalue weighted by molar-refractivity contribution is 0.249. The van der Waals surface area contributed by atoms with Crippen LogP contribution in [0.3, 0.4) is 0 Å². The molecule has 0 unspecified atom stereocenters. The van der Waals surface area contributed by atoms with Crippen LogP contribution < -0.4 is 10.6 Å². The molecule has 2 aromatic heterocycles. The molecule has 0 saturated carbocycles. The highest BCUT2D eigenvalue weighted by Gasteiger charge is 2.12. The Morgan fingerprint density at radius 3 is 2.64 bits per heavy atom. The predicted molar refractivity (Wildman–Crippen MR) is 96.7 cm³/mol. The van der Waals surface area contributed by atoms with E-state index in [4.69, 9.17) is 0 Å². The zero-order valence-corrected chi connectivity index (χ0v) is 14.6. The summed E-state index contributed by atoms with van der Waals surface area (Å²) in [7, 11) is 1.81. The highest BCUT2D eigenvalue weighted by atomic mass is 16.2. The van der Waals surface area contributed by atoms with Gasteiger partial charge in [-0.2, -0.15) is 10.2 Å². The fraction of sp³-hybridized carbons (Fsp3) is 0.278. The number of hydrogen-bond donors (Lipinski definition) is 2. The molecule has 1 atom stereocenters. The summed E-state index contributed by atoms with van der Waals surface area (Å²) in [6, 6.07) is 11.3. The van der Waals surface area contributed by atoms with Gasteiger partial charge in [-0.15, -0.1) is 0 Å². The van der Waals surface area contributed by atoms with Crippen LogP contribution in [0, 0.1) is 0 Å². The Hall–Kier alpha value is -3.09. The van der Waals surface area contributed by atoms with E-state index in [1.807, 2.05) is 63.5 Å². The van der Waals surface area contributed by atoms with Gasteiger partial charge in [0, 0.05) is 25.5 Å². The van der Waals surface area contributed by atoms with Gasteiger partial charge in [-0.1, -0.05) is 19.1 Å². The molecule has 2 heterocycles. The number of aryl methyl sites for hydroxylation is 2. The maximum Gasteiger partial charge on any atom is 0.320 e. The molecule has 7 nitrogen and oxygen atoms in total. The van der Waals surface area contributed by atoms with Gasteiger partial charge in [0.2, 0.25) is 0 Å². The van der Waals surface area contributed by atoms with Gasteiger partial charge >= 0.3 is 6.03 Å². The number of rotatable bonds is 5. The minimum Gasteiger partial charge on any atom is -0.331 e. The molecule has 0 aliphatic carbocycles. The van der Waals surface area contributed by atoms with E-state index in [0.717, 1.165) is 23.4 Å². The number of aromatic nitrogens is 4. The maximum absolute atomic E-state index is 12.2. The standard InChI is InChI=1S/C18H22N6O/c1-4-15-12-17(23(3)22-15)21-18(25)20-13(2)14-6-8-16(9-7-14)24-11-5-10-19-24/h5-13H,4H2,1-3H3,(H2,20,21,25)/t13-/m1/s1. The smallest absolute Gasteiger partial charge is 0.320 e. The Balaban J connectivity index is 1.62. The average molecular weight is 338 g/mol. The number of nitrogens with one attached hydrogen (secondary N) is 2. The van der Waals surface area contributed by atoms with Gasteiger partial charge < -0.3 is 5.32 Å². The summed E-state index contributed by atoms with van der Waals surface area (Å²) in [4.78, 5) is 12.2. The minimum absolute atomic E-state index is 0.120. The van der Waals surface area contributed by atoms with Crippen LogP contribution in [0.1, 0.15) is 31.1 Å². The van der Waals surface area contributed by atoms with E-state index in [1.54, 1.807) is 15.6 Å². The molecule has 0 aliphatic heterocycles. The number of carbonyl (C=O) groups excluding carboxylic acids is 1. The van der Waals surface area contributed by atoms with Gasteiger partial charge in [-0.25, -0.2) is 9.48 Å². The maximum atomic E-state index is 12.2. The highest BCUT2D eigenvalue weighted by molar-refractivity contribution is 5.88. The van der Waals surface area contributed by atoms with Gasteiger partial charge in [0.05, 0.1) is 17.4 Å². The topological polar surface area (TPSA) is 76.8 Å². The SMILES string of the molecule is CCc1cc(NC(=O)N[C@H](C)c2ccc(-n3cccn3)cc2)n(C)n1. The Kier molecular flexibility index (Phi) is 4.83.